The molecule has 0 spiro atoms. The second kappa shape index (κ2) is 7.66. The number of nitrogen functional groups attached to an aromatic ring is 1. The number of nitrogens with two attached hydrogens (primary N) is 1. The van der Waals surface area contributed by atoms with Crippen LogP contribution in [-0.2, 0) is 11.3 Å². The van der Waals surface area contributed by atoms with Gasteiger partial charge in [-0.25, -0.2) is 15.8 Å². The fraction of sp³-hybridized carbons (Fsp3) is 0.692. The summed E-state index contributed by atoms with van der Waals surface area (Å²) in [4.78, 5) is 8.78. The Labute approximate surface area is 124 Å². The minimum atomic E-state index is 0.400. The summed E-state index contributed by atoms with van der Waals surface area (Å²) in [5.41, 5.74) is 2.58. The molecule has 1 aliphatic rings. The maximum Gasteiger partial charge on any atom is 0.158 e. The lowest BCUT2D eigenvalue weighted by Gasteiger charge is -2.20. The molecule has 0 aromatic carbocycles. The highest BCUT2D eigenvalue weighted by molar-refractivity contribution is 7.99. The van der Waals surface area contributed by atoms with Crippen molar-refractivity contribution in [2.24, 2.45) is 5.84 Å². The summed E-state index contributed by atoms with van der Waals surface area (Å²) in [5, 5.41) is 4.16. The topological polar surface area (TPSA) is 85.1 Å². The summed E-state index contributed by atoms with van der Waals surface area (Å²) >= 11 is 1.92. The Kier molecular flexibility index (Phi) is 5.87. The van der Waals surface area contributed by atoms with Gasteiger partial charge in [-0.15, -0.1) is 0 Å². The molecule has 1 aromatic heterocycles. The number of nitrogens with zero attached hydrogens (tertiary/aromatic N) is 2. The van der Waals surface area contributed by atoms with Crippen molar-refractivity contribution in [2.75, 3.05) is 23.6 Å². The van der Waals surface area contributed by atoms with Crippen LogP contribution < -0.4 is 16.6 Å². The summed E-state index contributed by atoms with van der Waals surface area (Å²) in [6.07, 6.45) is 5.87. The third-order valence-electron chi connectivity index (χ3n) is 3.44. The molecule has 20 heavy (non-hydrogen) atoms. The number of thioether (sulfide) groups is 1. The van der Waals surface area contributed by atoms with E-state index in [4.69, 9.17) is 10.6 Å². The van der Waals surface area contributed by atoms with Gasteiger partial charge in [-0.2, -0.15) is 11.8 Å². The van der Waals surface area contributed by atoms with Crippen LogP contribution in [-0.4, -0.2) is 34.1 Å². The van der Waals surface area contributed by atoms with Crippen LogP contribution in [0.1, 0.15) is 32.0 Å². The van der Waals surface area contributed by atoms with Crippen LogP contribution in [0.4, 0.5) is 11.6 Å². The van der Waals surface area contributed by atoms with Gasteiger partial charge in [-0.3, -0.25) is 0 Å². The predicted molar refractivity (Wildman–Crippen MR) is 83.7 cm³/mol. The van der Waals surface area contributed by atoms with E-state index in [1.165, 1.54) is 19.3 Å². The standard InChI is InChI=1S/C13H23N5OS/c1-3-19-8-13-16-11(7-12(17-13)18-14)15-9-5-4-6-10(9)20-2/h7,9-10H,3-6,8,14H2,1-2H3,(H2,15,16,17,18). The molecule has 7 heteroatoms. The average Bonchev–Trinajstić information content (AvgIpc) is 2.92. The largest absolute Gasteiger partial charge is 0.374 e. The number of hydrogen-bond acceptors (Lipinski definition) is 7. The van der Waals surface area contributed by atoms with Crippen LogP contribution in [0.25, 0.3) is 0 Å². The Bertz CT molecular complexity index is 431. The number of nitrogens with one attached hydrogen (secondary N) is 2. The molecule has 0 saturated heterocycles. The van der Waals surface area contributed by atoms with Crippen molar-refractivity contribution in [3.63, 3.8) is 0 Å². The van der Waals surface area contributed by atoms with Crippen LogP contribution in [0, 0.1) is 0 Å². The summed E-state index contributed by atoms with van der Waals surface area (Å²) in [6.45, 7) is 2.99. The summed E-state index contributed by atoms with van der Waals surface area (Å²) in [5.74, 6) is 7.53. The Balaban J connectivity index is 2.09. The fourth-order valence-corrected chi connectivity index (χ4v) is 3.40. The van der Waals surface area contributed by atoms with Crippen LogP contribution in [0.3, 0.4) is 0 Å². The van der Waals surface area contributed by atoms with E-state index in [2.05, 4.69) is 27.0 Å². The van der Waals surface area contributed by atoms with Crippen LogP contribution in [0.5, 0.6) is 0 Å². The zero-order chi connectivity index (χ0) is 14.4. The zero-order valence-electron chi connectivity index (χ0n) is 12.1. The average molecular weight is 297 g/mol. The molecule has 1 fully saturated rings. The maximum absolute atomic E-state index is 5.46. The third-order valence-corrected chi connectivity index (χ3v) is 4.61. The van der Waals surface area contributed by atoms with Crippen molar-refractivity contribution in [1.29, 1.82) is 0 Å². The van der Waals surface area contributed by atoms with E-state index >= 15 is 0 Å². The predicted octanol–water partition coefficient (Wildman–Crippen LogP) is 1.99. The van der Waals surface area contributed by atoms with Crippen LogP contribution >= 0.6 is 11.8 Å². The van der Waals surface area contributed by atoms with Gasteiger partial charge in [-0.1, -0.05) is 6.42 Å². The number of rotatable bonds is 7. The van der Waals surface area contributed by atoms with E-state index in [-0.39, 0.29) is 0 Å². The second-order valence-corrected chi connectivity index (χ2v) is 5.87. The summed E-state index contributed by atoms with van der Waals surface area (Å²) in [7, 11) is 0. The second-order valence-electron chi connectivity index (χ2n) is 4.79. The van der Waals surface area contributed by atoms with E-state index in [0.29, 0.717) is 36.1 Å². The van der Waals surface area contributed by atoms with Gasteiger partial charge in [0.1, 0.15) is 18.2 Å². The van der Waals surface area contributed by atoms with Gasteiger partial charge < -0.3 is 15.5 Å². The minimum Gasteiger partial charge on any atom is -0.374 e. The van der Waals surface area contributed by atoms with E-state index in [9.17, 15) is 0 Å². The van der Waals surface area contributed by atoms with Crippen molar-refractivity contribution >= 4 is 23.4 Å². The molecule has 1 aliphatic carbocycles. The van der Waals surface area contributed by atoms with Crippen molar-refractivity contribution in [1.82, 2.24) is 9.97 Å². The molecule has 4 N–H and O–H groups in total. The van der Waals surface area contributed by atoms with Crippen molar-refractivity contribution < 1.29 is 4.74 Å². The molecular weight excluding hydrogens is 274 g/mol. The van der Waals surface area contributed by atoms with E-state index in [1.54, 1.807) is 0 Å². The van der Waals surface area contributed by atoms with Gasteiger partial charge in [0, 0.05) is 24.0 Å². The summed E-state index contributed by atoms with van der Waals surface area (Å²) in [6, 6.07) is 2.30. The third kappa shape index (κ3) is 3.97. The first-order valence-corrected chi connectivity index (χ1v) is 8.27. The quantitative estimate of drug-likeness (QED) is 0.524. The molecule has 2 rings (SSSR count). The fourth-order valence-electron chi connectivity index (χ4n) is 2.47. The SMILES string of the molecule is CCOCc1nc(NN)cc(NC2CCCC2SC)n1. The molecule has 0 radical (unpaired) electrons. The van der Waals surface area contributed by atoms with Crippen molar-refractivity contribution in [3.05, 3.63) is 11.9 Å². The van der Waals surface area contributed by atoms with Crippen molar-refractivity contribution in [2.45, 2.75) is 44.1 Å². The molecule has 6 nitrogen and oxygen atoms in total. The number of hydrazine groups is 1. The Morgan fingerprint density at radius 3 is 2.90 bits per heavy atom. The van der Waals surface area contributed by atoms with Crippen LogP contribution in [0.2, 0.25) is 0 Å². The number of anilines is 2. The normalized spacial score (nSPS) is 21.9. The Morgan fingerprint density at radius 1 is 1.40 bits per heavy atom. The molecule has 1 aromatic rings. The molecule has 0 amide bonds. The zero-order valence-corrected chi connectivity index (χ0v) is 12.9. The lowest BCUT2D eigenvalue weighted by atomic mass is 10.2. The summed E-state index contributed by atoms with van der Waals surface area (Å²) < 4.78 is 5.36. The molecule has 0 bridgehead atoms. The lowest BCUT2D eigenvalue weighted by molar-refractivity contribution is 0.128. The molecule has 0 aliphatic heterocycles. The number of ether oxygens (including phenoxy) is 1. The molecule has 1 saturated carbocycles. The molecule has 112 valence electrons. The Hall–Kier alpha value is -1.05. The first kappa shape index (κ1) is 15.3. The number of aromatic nitrogens is 2. The molecule has 2 atom stereocenters. The lowest BCUT2D eigenvalue weighted by Crippen LogP contribution is -2.26. The van der Waals surface area contributed by atoms with Gasteiger partial charge in [0.15, 0.2) is 5.82 Å². The molecular formula is C13H23N5OS. The van der Waals surface area contributed by atoms with E-state index < -0.39 is 0 Å². The van der Waals surface area contributed by atoms with Crippen LogP contribution in [0.15, 0.2) is 6.07 Å². The molecule has 1 heterocycles. The molecule has 2 unspecified atom stereocenters. The van der Waals surface area contributed by atoms with Gasteiger partial charge in [0.2, 0.25) is 0 Å². The Morgan fingerprint density at radius 2 is 2.20 bits per heavy atom. The van der Waals surface area contributed by atoms with E-state index in [0.717, 1.165) is 5.82 Å². The number of hydrogen-bond donors (Lipinski definition) is 3. The monoisotopic (exact) mass is 297 g/mol. The van der Waals surface area contributed by atoms with Gasteiger partial charge >= 0.3 is 0 Å². The first-order chi connectivity index (χ1) is 9.76. The van der Waals surface area contributed by atoms with Gasteiger partial charge in [0.25, 0.3) is 0 Å². The minimum absolute atomic E-state index is 0.400. The van der Waals surface area contributed by atoms with Gasteiger partial charge in [0.05, 0.1) is 0 Å². The van der Waals surface area contributed by atoms with Gasteiger partial charge in [-0.05, 0) is 26.0 Å². The van der Waals surface area contributed by atoms with E-state index in [1.807, 2.05) is 24.8 Å². The highest BCUT2D eigenvalue weighted by Gasteiger charge is 2.26. The smallest absolute Gasteiger partial charge is 0.158 e. The van der Waals surface area contributed by atoms with Crippen molar-refractivity contribution in [3.8, 4) is 0 Å². The highest BCUT2D eigenvalue weighted by atomic mass is 32.2. The first-order valence-electron chi connectivity index (χ1n) is 6.98. The highest BCUT2D eigenvalue weighted by Crippen LogP contribution is 2.30. The maximum atomic E-state index is 5.46.